The molecule has 1 aromatic carbocycles. The van der Waals surface area contributed by atoms with E-state index in [1.807, 2.05) is 18.2 Å². The number of nitrogens with zero attached hydrogens (tertiary/aromatic N) is 1. The molecular weight excluding hydrogens is 202 g/mol. The Bertz CT molecular complexity index is 377. The first-order chi connectivity index (χ1) is 7.86. The van der Waals surface area contributed by atoms with E-state index >= 15 is 0 Å². The molecule has 0 atom stereocenters. The lowest BCUT2D eigenvalue weighted by Crippen LogP contribution is -2.13. The molecule has 0 spiro atoms. The molecule has 85 valence electrons. The van der Waals surface area contributed by atoms with E-state index in [9.17, 15) is 0 Å². The average Bonchev–Trinajstić information content (AvgIpc) is 2.38. The summed E-state index contributed by atoms with van der Waals surface area (Å²) in [4.78, 5) is 0. The van der Waals surface area contributed by atoms with Gasteiger partial charge in [0.1, 0.15) is 11.5 Å². The van der Waals surface area contributed by atoms with Crippen LogP contribution in [-0.2, 0) is 0 Å². The predicted molar refractivity (Wildman–Crippen MR) is 64.0 cm³/mol. The monoisotopic (exact) mass is 218 g/mol. The number of benzene rings is 1. The highest BCUT2D eigenvalue weighted by Gasteiger charge is 2.16. The Labute approximate surface area is 96.1 Å². The average molecular weight is 218 g/mol. The zero-order valence-corrected chi connectivity index (χ0v) is 9.69. The van der Waals surface area contributed by atoms with E-state index in [-0.39, 0.29) is 0 Å². The van der Waals surface area contributed by atoms with Crippen LogP contribution in [0.2, 0.25) is 0 Å². The summed E-state index contributed by atoms with van der Waals surface area (Å²) in [7, 11) is 3.37. The summed E-state index contributed by atoms with van der Waals surface area (Å²) in [6.07, 6.45) is 3.10. The number of ether oxygens (including phenoxy) is 2. The van der Waals surface area contributed by atoms with E-state index in [4.69, 9.17) is 9.47 Å². The summed E-state index contributed by atoms with van der Waals surface area (Å²) >= 11 is 0. The maximum Gasteiger partial charge on any atom is 0.130 e. The third kappa shape index (κ3) is 2.04. The van der Waals surface area contributed by atoms with Gasteiger partial charge in [-0.05, 0) is 24.1 Å². The molecule has 2 rings (SSSR count). The molecule has 0 N–H and O–H groups in total. The molecule has 0 saturated heterocycles. The van der Waals surface area contributed by atoms with Crippen LogP contribution in [0.3, 0.4) is 0 Å². The summed E-state index contributed by atoms with van der Waals surface area (Å²) in [5.74, 6) is 1.74. The Morgan fingerprint density at radius 1 is 1.12 bits per heavy atom. The van der Waals surface area contributed by atoms with Crippen molar-refractivity contribution in [1.29, 1.82) is 0 Å². The molecule has 1 aromatic rings. The quantitative estimate of drug-likeness (QED) is 0.778. The topological polar surface area (TPSA) is 32.6 Å². The third-order valence-electron chi connectivity index (χ3n) is 2.75. The lowest BCUT2D eigenvalue weighted by atomic mass is 9.98. The van der Waals surface area contributed by atoms with Gasteiger partial charge in [0, 0.05) is 13.1 Å². The van der Waals surface area contributed by atoms with Gasteiger partial charge in [-0.2, -0.15) is 0 Å². The van der Waals surface area contributed by atoms with Gasteiger partial charge in [-0.3, -0.25) is 0 Å². The van der Waals surface area contributed by atoms with Crippen molar-refractivity contribution in [2.45, 2.75) is 6.42 Å². The van der Waals surface area contributed by atoms with Crippen LogP contribution in [0, 0.1) is 0 Å². The largest absolute Gasteiger partial charge is 0.496 e. The first kappa shape index (κ1) is 11.0. The number of rotatable bonds is 3. The number of methoxy groups -OCH3 is 2. The maximum absolute atomic E-state index is 5.39. The molecule has 1 radical (unpaired) electrons. The van der Waals surface area contributed by atoms with Gasteiger partial charge in [0.15, 0.2) is 0 Å². The van der Waals surface area contributed by atoms with Crippen LogP contribution < -0.4 is 14.8 Å². The van der Waals surface area contributed by atoms with Crippen LogP contribution in [0.5, 0.6) is 11.5 Å². The molecular formula is C13H16NO2. The summed E-state index contributed by atoms with van der Waals surface area (Å²) in [5, 5.41) is 4.31. The highest BCUT2D eigenvalue weighted by atomic mass is 16.5. The normalized spacial score (nSPS) is 15.5. The zero-order valence-electron chi connectivity index (χ0n) is 9.69. The van der Waals surface area contributed by atoms with Crippen LogP contribution in [0.4, 0.5) is 0 Å². The molecule has 0 unspecified atom stereocenters. The maximum atomic E-state index is 5.39. The van der Waals surface area contributed by atoms with Crippen molar-refractivity contribution in [2.75, 3.05) is 27.3 Å². The van der Waals surface area contributed by atoms with Gasteiger partial charge >= 0.3 is 0 Å². The van der Waals surface area contributed by atoms with Crippen molar-refractivity contribution in [3.63, 3.8) is 0 Å². The predicted octanol–water partition coefficient (Wildman–Crippen LogP) is 2.10. The van der Waals surface area contributed by atoms with Crippen molar-refractivity contribution in [3.05, 3.63) is 29.8 Å². The Hall–Kier alpha value is -1.48. The van der Waals surface area contributed by atoms with Gasteiger partial charge in [0.05, 0.1) is 19.8 Å². The fraction of sp³-hybridized carbons (Fsp3) is 0.385. The Morgan fingerprint density at radius 2 is 1.81 bits per heavy atom. The van der Waals surface area contributed by atoms with Crippen molar-refractivity contribution in [1.82, 2.24) is 5.32 Å². The summed E-state index contributed by atoms with van der Waals surface area (Å²) in [5.41, 5.74) is 2.34. The van der Waals surface area contributed by atoms with Crippen LogP contribution in [0.15, 0.2) is 24.3 Å². The van der Waals surface area contributed by atoms with Crippen LogP contribution in [-0.4, -0.2) is 27.3 Å². The van der Waals surface area contributed by atoms with Gasteiger partial charge in [-0.15, -0.1) is 0 Å². The zero-order chi connectivity index (χ0) is 11.4. The van der Waals surface area contributed by atoms with E-state index in [2.05, 4.69) is 11.4 Å². The molecule has 0 saturated carbocycles. The van der Waals surface area contributed by atoms with Crippen molar-refractivity contribution >= 4 is 5.57 Å². The van der Waals surface area contributed by atoms with Gasteiger partial charge in [0.2, 0.25) is 0 Å². The second kappa shape index (κ2) is 5.03. The van der Waals surface area contributed by atoms with Gasteiger partial charge in [-0.1, -0.05) is 12.1 Å². The molecule has 0 amide bonds. The minimum Gasteiger partial charge on any atom is -0.496 e. The van der Waals surface area contributed by atoms with Crippen LogP contribution >= 0.6 is 0 Å². The second-order valence-corrected chi connectivity index (χ2v) is 3.65. The number of hydrogen-bond donors (Lipinski definition) is 0. The number of hydrogen-bond acceptors (Lipinski definition) is 2. The lowest BCUT2D eigenvalue weighted by molar-refractivity contribution is 0.391. The molecule has 16 heavy (non-hydrogen) atoms. The molecule has 1 aliphatic rings. The summed E-state index contributed by atoms with van der Waals surface area (Å²) < 4.78 is 10.8. The second-order valence-electron chi connectivity index (χ2n) is 3.65. The molecule has 3 nitrogen and oxygen atoms in total. The van der Waals surface area contributed by atoms with Crippen LogP contribution in [0.1, 0.15) is 12.0 Å². The lowest BCUT2D eigenvalue weighted by Gasteiger charge is -2.18. The Morgan fingerprint density at radius 3 is 2.31 bits per heavy atom. The standard InChI is InChI=1S/C13H16NO2/c1-15-11-4-3-5-12(16-2)13(11)10-6-8-14-9-7-10/h3-6H,7-9H2,1-2H3. The molecule has 0 aliphatic carbocycles. The highest BCUT2D eigenvalue weighted by molar-refractivity contribution is 5.76. The van der Waals surface area contributed by atoms with E-state index in [1.54, 1.807) is 14.2 Å². The molecule has 1 heterocycles. The minimum absolute atomic E-state index is 0.788. The minimum atomic E-state index is 0.788. The van der Waals surface area contributed by atoms with Crippen molar-refractivity contribution in [3.8, 4) is 11.5 Å². The highest BCUT2D eigenvalue weighted by Crippen LogP contribution is 2.36. The van der Waals surface area contributed by atoms with E-state index < -0.39 is 0 Å². The first-order valence-corrected chi connectivity index (χ1v) is 5.40. The summed E-state index contributed by atoms with van der Waals surface area (Å²) in [6.45, 7) is 1.67. The van der Waals surface area contributed by atoms with Crippen molar-refractivity contribution < 1.29 is 9.47 Å². The molecule has 0 aromatic heterocycles. The van der Waals surface area contributed by atoms with E-state index in [1.165, 1.54) is 5.57 Å². The van der Waals surface area contributed by atoms with Gasteiger partial charge < -0.3 is 9.47 Å². The van der Waals surface area contributed by atoms with Gasteiger partial charge in [-0.25, -0.2) is 5.32 Å². The molecule has 0 fully saturated rings. The fourth-order valence-corrected chi connectivity index (χ4v) is 1.96. The smallest absolute Gasteiger partial charge is 0.130 e. The SMILES string of the molecule is COc1cccc(OC)c1C1=CC[N]CC1. The molecule has 0 bridgehead atoms. The summed E-state index contributed by atoms with van der Waals surface area (Å²) in [6, 6.07) is 5.86. The van der Waals surface area contributed by atoms with E-state index in [0.717, 1.165) is 36.6 Å². The van der Waals surface area contributed by atoms with Gasteiger partial charge in [0.25, 0.3) is 0 Å². The van der Waals surface area contributed by atoms with Crippen LogP contribution in [0.25, 0.3) is 5.57 Å². The third-order valence-corrected chi connectivity index (χ3v) is 2.75. The molecule has 3 heteroatoms. The Balaban J connectivity index is 2.47. The van der Waals surface area contributed by atoms with Crippen molar-refractivity contribution in [2.24, 2.45) is 0 Å². The van der Waals surface area contributed by atoms with E-state index in [0.29, 0.717) is 0 Å². The molecule has 1 aliphatic heterocycles. The Kier molecular flexibility index (Phi) is 3.47. The fourth-order valence-electron chi connectivity index (χ4n) is 1.96. The first-order valence-electron chi connectivity index (χ1n) is 5.40.